The monoisotopic (exact) mass is 384 g/mol. The number of alkyl halides is 1. The van der Waals surface area contributed by atoms with Crippen molar-refractivity contribution < 1.29 is 0 Å². The van der Waals surface area contributed by atoms with Crippen molar-refractivity contribution in [2.75, 3.05) is 0 Å². The van der Waals surface area contributed by atoms with Crippen molar-refractivity contribution >= 4 is 26.0 Å². The van der Waals surface area contributed by atoms with Gasteiger partial charge in [0.05, 0.1) is 4.16 Å². The fraction of sp³-hybridized carbons (Fsp3) is 0.143. The van der Waals surface area contributed by atoms with Crippen molar-refractivity contribution in [2.24, 2.45) is 0 Å². The van der Waals surface area contributed by atoms with E-state index in [9.17, 15) is 0 Å². The largest absolute Gasteiger partial charge is 0.147 e. The first kappa shape index (κ1) is 16.4. The van der Waals surface area contributed by atoms with E-state index in [1.165, 1.54) is 14.7 Å². The van der Waals surface area contributed by atoms with Crippen LogP contribution in [0.3, 0.4) is 0 Å². The predicted octanol–water partition coefficient (Wildman–Crippen LogP) is 7.10. The Morgan fingerprint density at radius 3 is 1.22 bits per heavy atom. The molecule has 0 radical (unpaired) electrons. The molecule has 0 spiro atoms. The van der Waals surface area contributed by atoms with Gasteiger partial charge in [0, 0.05) is 0 Å². The Kier molecular flexibility index (Phi) is 5.24. The van der Waals surface area contributed by atoms with Crippen LogP contribution in [0.2, 0.25) is 0 Å². The molecule has 1 unspecified atom stereocenters. The Morgan fingerprint density at radius 2 is 0.957 bits per heavy atom. The Morgan fingerprint density at radius 1 is 0.652 bits per heavy atom. The predicted molar refractivity (Wildman–Crippen MR) is 105 cm³/mol. The van der Waals surface area contributed by atoms with Crippen molar-refractivity contribution in [3.63, 3.8) is 0 Å². The topological polar surface area (TPSA) is 0 Å². The van der Waals surface area contributed by atoms with Crippen LogP contribution in [0.5, 0.6) is 0 Å². The van der Waals surface area contributed by atoms with Crippen LogP contribution in [0.25, 0.3) is 0 Å². The average molecular weight is 385 g/mol. The Labute approximate surface area is 149 Å². The first-order chi connectivity index (χ1) is 11.3. The molecule has 0 N–H and O–H groups in total. The summed E-state index contributed by atoms with van der Waals surface area (Å²) in [6, 6.07) is 32.9. The summed E-state index contributed by atoms with van der Waals surface area (Å²) in [6.07, 6.45) is 1.08. The lowest BCUT2D eigenvalue weighted by Gasteiger charge is -2.45. The van der Waals surface area contributed by atoms with Crippen LogP contribution < -0.4 is 0 Å². The van der Waals surface area contributed by atoms with Gasteiger partial charge in [-0.3, -0.25) is 0 Å². The maximum absolute atomic E-state index is 4.05. The summed E-state index contributed by atoms with van der Waals surface area (Å²) in [4.78, 5) is 4.21. The maximum atomic E-state index is 4.05. The van der Waals surface area contributed by atoms with E-state index in [1.54, 1.807) is 0 Å². The van der Waals surface area contributed by atoms with E-state index in [4.69, 9.17) is 0 Å². The molecule has 0 saturated carbocycles. The molecule has 2 heteroatoms. The molecule has 0 bridgehead atoms. The van der Waals surface area contributed by atoms with Gasteiger partial charge >= 0.3 is 0 Å². The van der Waals surface area contributed by atoms with Crippen molar-refractivity contribution in [3.8, 4) is 0 Å². The zero-order valence-electron chi connectivity index (χ0n) is 13.2. The van der Waals surface area contributed by atoms with Crippen LogP contribution in [-0.2, 0) is 0 Å². The quantitative estimate of drug-likeness (QED) is 0.411. The van der Waals surface area contributed by atoms with Crippen LogP contribution >= 0.6 is 26.0 Å². The minimum absolute atomic E-state index is 0.391. The molecule has 0 nitrogen and oxygen atoms in total. The fourth-order valence-electron chi connectivity index (χ4n) is 3.01. The van der Waals surface area contributed by atoms with Crippen LogP contribution in [0.1, 0.15) is 13.3 Å². The second-order valence-corrected chi connectivity index (χ2v) is 10.4. The van der Waals surface area contributed by atoms with Crippen LogP contribution in [-0.4, -0.2) is 4.16 Å². The molecule has 3 rings (SSSR count). The van der Waals surface area contributed by atoms with Crippen molar-refractivity contribution in [1.29, 1.82) is 0 Å². The summed E-state index contributed by atoms with van der Waals surface area (Å²) >= 11 is 4.05. The first-order valence-electron chi connectivity index (χ1n) is 7.91. The maximum Gasteiger partial charge on any atom is 0.0558 e. The number of rotatable bonds is 5. The minimum Gasteiger partial charge on any atom is -0.147 e. The molecule has 23 heavy (non-hydrogen) atoms. The second kappa shape index (κ2) is 7.37. The highest BCUT2D eigenvalue weighted by atomic mass is 79.9. The van der Waals surface area contributed by atoms with Gasteiger partial charge in [-0.15, -0.1) is 10.0 Å². The van der Waals surface area contributed by atoms with E-state index >= 15 is 0 Å². The number of halogens is 1. The molecular weight excluding hydrogens is 364 g/mol. The summed E-state index contributed by atoms with van der Waals surface area (Å²) in [7, 11) is -1.34. The Hall–Kier alpha value is -1.51. The van der Waals surface area contributed by atoms with E-state index < -0.39 is 10.0 Å². The van der Waals surface area contributed by atoms with Gasteiger partial charge in [-0.1, -0.05) is 77.5 Å². The molecule has 0 amide bonds. The SMILES string of the molecule is CCC(Br)S(c1ccccc1)(c1ccccc1)c1ccccc1. The van der Waals surface area contributed by atoms with Crippen LogP contribution in [0.15, 0.2) is 106 Å². The van der Waals surface area contributed by atoms with E-state index in [-0.39, 0.29) is 0 Å². The van der Waals surface area contributed by atoms with Crippen molar-refractivity contribution in [1.82, 2.24) is 0 Å². The van der Waals surface area contributed by atoms with E-state index in [2.05, 4.69) is 114 Å². The lowest BCUT2D eigenvalue weighted by atomic mass is 10.4. The third-order valence-electron chi connectivity index (χ3n) is 4.05. The number of benzene rings is 3. The van der Waals surface area contributed by atoms with Crippen molar-refractivity contribution in [2.45, 2.75) is 32.2 Å². The molecule has 0 fully saturated rings. The van der Waals surface area contributed by atoms with Crippen LogP contribution in [0.4, 0.5) is 0 Å². The van der Waals surface area contributed by atoms with Crippen LogP contribution in [0, 0.1) is 0 Å². The normalized spacial score (nSPS) is 13.5. The smallest absolute Gasteiger partial charge is 0.0558 e. The number of hydrogen-bond acceptors (Lipinski definition) is 0. The fourth-order valence-corrected chi connectivity index (χ4v) is 8.91. The Bertz CT molecular complexity index is 629. The minimum atomic E-state index is -1.34. The molecule has 0 aliphatic rings. The van der Waals surface area contributed by atoms with Gasteiger partial charge in [0.2, 0.25) is 0 Å². The van der Waals surface area contributed by atoms with Gasteiger partial charge in [-0.05, 0) is 57.5 Å². The van der Waals surface area contributed by atoms with Crippen molar-refractivity contribution in [3.05, 3.63) is 91.0 Å². The Balaban J connectivity index is 2.35. The lowest BCUT2D eigenvalue weighted by molar-refractivity contribution is 1.04. The zero-order valence-corrected chi connectivity index (χ0v) is 15.6. The molecule has 118 valence electrons. The van der Waals surface area contributed by atoms with Gasteiger partial charge in [0.1, 0.15) is 0 Å². The van der Waals surface area contributed by atoms with E-state index in [1.807, 2.05) is 0 Å². The van der Waals surface area contributed by atoms with E-state index in [0.29, 0.717) is 4.16 Å². The summed E-state index contributed by atoms with van der Waals surface area (Å²) in [5.74, 6) is 0. The lowest BCUT2D eigenvalue weighted by Crippen LogP contribution is -2.14. The van der Waals surface area contributed by atoms with Gasteiger partial charge in [0.25, 0.3) is 0 Å². The third-order valence-corrected chi connectivity index (χ3v) is 10.5. The molecule has 3 aromatic carbocycles. The molecular formula is C21H21BrS. The zero-order chi connectivity index (χ0) is 16.1. The molecule has 0 saturated heterocycles. The highest BCUT2D eigenvalue weighted by molar-refractivity contribution is 9.12. The molecule has 0 heterocycles. The molecule has 0 aliphatic heterocycles. The summed E-state index contributed by atoms with van der Waals surface area (Å²) in [6.45, 7) is 2.26. The van der Waals surface area contributed by atoms with Gasteiger partial charge in [-0.2, -0.15) is 0 Å². The van der Waals surface area contributed by atoms with Gasteiger partial charge < -0.3 is 0 Å². The molecule has 3 aromatic rings. The summed E-state index contributed by atoms with van der Waals surface area (Å²) in [5.41, 5.74) is 0. The summed E-state index contributed by atoms with van der Waals surface area (Å²) < 4.78 is 0.391. The first-order valence-corrected chi connectivity index (χ1v) is 10.5. The molecule has 0 aromatic heterocycles. The average Bonchev–Trinajstić information content (AvgIpc) is 2.65. The van der Waals surface area contributed by atoms with E-state index in [0.717, 1.165) is 6.42 Å². The van der Waals surface area contributed by atoms with Gasteiger partial charge in [-0.25, -0.2) is 0 Å². The number of hydrogen-bond donors (Lipinski definition) is 0. The highest BCUT2D eigenvalue weighted by Crippen LogP contribution is 2.73. The second-order valence-electron chi connectivity index (χ2n) is 5.42. The highest BCUT2D eigenvalue weighted by Gasteiger charge is 2.36. The standard InChI is InChI=1S/C21H21BrS/c1-2-21(22)23(18-12-6-3-7-13-18,19-14-8-4-9-15-19)20-16-10-5-11-17-20/h3-17,21H,2H2,1H3. The molecule has 0 aliphatic carbocycles. The molecule has 1 atom stereocenters. The van der Waals surface area contributed by atoms with Gasteiger partial charge in [0.15, 0.2) is 0 Å². The third kappa shape index (κ3) is 2.98. The summed E-state index contributed by atoms with van der Waals surface area (Å²) in [5, 5.41) is 0.